The first kappa shape index (κ1) is 49.9. The van der Waals surface area contributed by atoms with Gasteiger partial charge < -0.3 is 9.84 Å². The first-order valence-electron chi connectivity index (χ1n) is 22.6. The molecule has 0 aliphatic heterocycles. The Balaban J connectivity index is 4.05. The number of carbonyl (C=O) groups excluding carboxylic acids is 1. The molecule has 0 saturated carbocycles. The van der Waals surface area contributed by atoms with Gasteiger partial charge in [0.25, 0.3) is 0 Å². The van der Waals surface area contributed by atoms with E-state index in [2.05, 4.69) is 62.5 Å². The summed E-state index contributed by atoms with van der Waals surface area (Å²) in [5.74, 6) is -0.695. The summed E-state index contributed by atoms with van der Waals surface area (Å²) in [7, 11) is 0. The molecule has 1 unspecified atom stereocenters. The van der Waals surface area contributed by atoms with Crippen LogP contribution < -0.4 is 0 Å². The van der Waals surface area contributed by atoms with E-state index in [0.717, 1.165) is 96.3 Å². The minimum absolute atomic E-state index is 0.00118. The van der Waals surface area contributed by atoms with E-state index in [4.69, 9.17) is 9.84 Å². The number of esters is 1. The van der Waals surface area contributed by atoms with Crippen molar-refractivity contribution >= 4 is 11.9 Å². The number of carboxylic acid groups (broad SMARTS) is 1. The van der Waals surface area contributed by atoms with Crippen LogP contribution in [0.4, 0.5) is 0 Å². The number of hydrogen-bond acceptors (Lipinski definition) is 3. The quantitative estimate of drug-likeness (QED) is 0.0387. The summed E-state index contributed by atoms with van der Waals surface area (Å²) < 4.78 is 6.04. The zero-order chi connectivity index (χ0) is 37.8. The molecule has 0 rings (SSSR count). The van der Waals surface area contributed by atoms with Gasteiger partial charge in [0.05, 0.1) is 0 Å². The highest BCUT2D eigenvalue weighted by atomic mass is 16.5. The van der Waals surface area contributed by atoms with Crippen LogP contribution in [0.5, 0.6) is 0 Å². The molecule has 0 aromatic rings. The van der Waals surface area contributed by atoms with Crippen molar-refractivity contribution in [3.8, 4) is 0 Å². The zero-order valence-corrected chi connectivity index (χ0v) is 34.6. The van der Waals surface area contributed by atoms with Gasteiger partial charge in [-0.25, -0.2) is 0 Å². The van der Waals surface area contributed by atoms with Crippen LogP contribution in [0.15, 0.2) is 48.6 Å². The second-order valence-corrected chi connectivity index (χ2v) is 15.2. The molecule has 0 radical (unpaired) electrons. The third kappa shape index (κ3) is 42.3. The number of carbonyl (C=O) groups is 2. The highest BCUT2D eigenvalue weighted by Gasteiger charge is 2.14. The molecule has 1 atom stereocenters. The lowest BCUT2D eigenvalue weighted by molar-refractivity contribution is -0.150. The fourth-order valence-corrected chi connectivity index (χ4v) is 6.70. The summed E-state index contributed by atoms with van der Waals surface area (Å²) in [4.78, 5) is 23.5. The summed E-state index contributed by atoms with van der Waals surface area (Å²) in [6.45, 7) is 4.53. The molecule has 0 aromatic heterocycles. The molecule has 1 N–H and O–H groups in total. The standard InChI is InChI=1S/C48H86O4/c1-3-5-7-9-11-13-15-17-18-19-20-21-22-23-24-25-27-29-31-37-41-45-48(51)52-46(43-39-35-32-33-36-40-44-47(49)50)42-38-34-30-28-26-16-14-12-10-8-6-4-2/h11,13,17-18,20-21,23-24,46H,3-10,12,14-16,19,22,25-45H2,1-2H3,(H,49,50)/b13-11-,18-17-,21-20-,24-23-. The van der Waals surface area contributed by atoms with E-state index in [0.29, 0.717) is 6.42 Å². The number of ether oxygens (including phenoxy) is 1. The van der Waals surface area contributed by atoms with Crippen LogP contribution in [-0.2, 0) is 14.3 Å². The van der Waals surface area contributed by atoms with Crippen LogP contribution in [0.1, 0.15) is 239 Å². The van der Waals surface area contributed by atoms with Crippen molar-refractivity contribution in [2.45, 2.75) is 245 Å². The summed E-state index contributed by atoms with van der Waals surface area (Å²) in [5, 5.41) is 8.81. The van der Waals surface area contributed by atoms with Crippen LogP contribution in [0.25, 0.3) is 0 Å². The minimum Gasteiger partial charge on any atom is -0.481 e. The number of rotatable bonds is 41. The average molecular weight is 727 g/mol. The predicted molar refractivity (Wildman–Crippen MR) is 227 cm³/mol. The number of unbranched alkanes of at least 4 members (excludes halogenated alkanes) is 24. The summed E-state index contributed by atoms with van der Waals surface area (Å²) in [6, 6.07) is 0. The molecule has 0 aliphatic rings. The number of allylic oxidation sites excluding steroid dienone is 8. The van der Waals surface area contributed by atoms with E-state index >= 15 is 0 Å². The highest BCUT2D eigenvalue weighted by Crippen LogP contribution is 2.19. The van der Waals surface area contributed by atoms with E-state index in [1.54, 1.807) is 0 Å². The second-order valence-electron chi connectivity index (χ2n) is 15.2. The fourth-order valence-electron chi connectivity index (χ4n) is 6.70. The van der Waals surface area contributed by atoms with Gasteiger partial charge in [0.1, 0.15) is 6.10 Å². The summed E-state index contributed by atoms with van der Waals surface area (Å²) in [5.41, 5.74) is 0. The van der Waals surface area contributed by atoms with Gasteiger partial charge in [-0.15, -0.1) is 0 Å². The Hall–Kier alpha value is -2.10. The van der Waals surface area contributed by atoms with Crippen molar-refractivity contribution in [1.29, 1.82) is 0 Å². The molecule has 0 aliphatic carbocycles. The van der Waals surface area contributed by atoms with E-state index in [1.165, 1.54) is 116 Å². The third-order valence-corrected chi connectivity index (χ3v) is 10.1. The molecular formula is C48H86O4. The van der Waals surface area contributed by atoms with Gasteiger partial charge in [-0.1, -0.05) is 191 Å². The Morgan fingerprint density at radius 1 is 0.423 bits per heavy atom. The van der Waals surface area contributed by atoms with Crippen molar-refractivity contribution < 1.29 is 19.4 Å². The SMILES string of the molecule is CCCCC/C=C\C/C=C\C/C=C\C/C=C\CCCCCCCC(=O)OC(CCCCCCCCCCCCCC)CCCCCCCCC(=O)O. The first-order valence-corrected chi connectivity index (χ1v) is 22.6. The van der Waals surface area contributed by atoms with Crippen molar-refractivity contribution in [2.75, 3.05) is 0 Å². The monoisotopic (exact) mass is 727 g/mol. The van der Waals surface area contributed by atoms with E-state index in [-0.39, 0.29) is 18.5 Å². The molecule has 302 valence electrons. The van der Waals surface area contributed by atoms with Crippen LogP contribution in [0.3, 0.4) is 0 Å². The minimum atomic E-state index is -0.694. The smallest absolute Gasteiger partial charge is 0.306 e. The van der Waals surface area contributed by atoms with Crippen LogP contribution >= 0.6 is 0 Å². The van der Waals surface area contributed by atoms with E-state index in [1.807, 2.05) is 0 Å². The van der Waals surface area contributed by atoms with Crippen molar-refractivity contribution in [3.63, 3.8) is 0 Å². The van der Waals surface area contributed by atoms with E-state index in [9.17, 15) is 9.59 Å². The van der Waals surface area contributed by atoms with Gasteiger partial charge in [0, 0.05) is 12.8 Å². The largest absolute Gasteiger partial charge is 0.481 e. The Morgan fingerprint density at radius 2 is 0.750 bits per heavy atom. The normalized spacial score (nSPS) is 12.7. The molecular weight excluding hydrogens is 641 g/mol. The molecule has 0 amide bonds. The Labute approximate surface area is 323 Å². The van der Waals surface area contributed by atoms with E-state index < -0.39 is 5.97 Å². The molecule has 52 heavy (non-hydrogen) atoms. The molecule has 0 fully saturated rings. The fraction of sp³-hybridized carbons (Fsp3) is 0.792. The molecule has 0 saturated heterocycles. The summed E-state index contributed by atoms with van der Waals surface area (Å²) in [6.07, 6.45) is 58.5. The second kappa shape index (κ2) is 43.3. The van der Waals surface area contributed by atoms with Gasteiger partial charge in [-0.05, 0) is 83.5 Å². The molecule has 0 heterocycles. The topological polar surface area (TPSA) is 63.6 Å². The lowest BCUT2D eigenvalue weighted by Gasteiger charge is -2.18. The first-order chi connectivity index (χ1) is 25.6. The maximum atomic E-state index is 12.7. The predicted octanol–water partition coefficient (Wildman–Crippen LogP) is 15.9. The zero-order valence-electron chi connectivity index (χ0n) is 34.6. The Kier molecular flexibility index (Phi) is 41.6. The van der Waals surface area contributed by atoms with Gasteiger partial charge in [-0.2, -0.15) is 0 Å². The molecule has 4 nitrogen and oxygen atoms in total. The number of hydrogen-bond donors (Lipinski definition) is 1. The van der Waals surface area contributed by atoms with Crippen molar-refractivity contribution in [3.05, 3.63) is 48.6 Å². The van der Waals surface area contributed by atoms with Gasteiger partial charge in [0.15, 0.2) is 0 Å². The maximum Gasteiger partial charge on any atom is 0.306 e. The molecule has 4 heteroatoms. The molecule has 0 spiro atoms. The van der Waals surface area contributed by atoms with Crippen molar-refractivity contribution in [1.82, 2.24) is 0 Å². The molecule has 0 bridgehead atoms. The maximum absolute atomic E-state index is 12.7. The van der Waals surface area contributed by atoms with Crippen LogP contribution in [-0.4, -0.2) is 23.1 Å². The Bertz CT molecular complexity index is 870. The van der Waals surface area contributed by atoms with Gasteiger partial charge >= 0.3 is 11.9 Å². The lowest BCUT2D eigenvalue weighted by atomic mass is 10.0. The summed E-state index contributed by atoms with van der Waals surface area (Å²) >= 11 is 0. The number of carboxylic acids is 1. The Morgan fingerprint density at radius 3 is 1.19 bits per heavy atom. The number of aliphatic carboxylic acids is 1. The van der Waals surface area contributed by atoms with Gasteiger partial charge in [-0.3, -0.25) is 9.59 Å². The lowest BCUT2D eigenvalue weighted by Crippen LogP contribution is -2.18. The highest BCUT2D eigenvalue weighted by molar-refractivity contribution is 5.69. The van der Waals surface area contributed by atoms with Crippen LogP contribution in [0, 0.1) is 0 Å². The van der Waals surface area contributed by atoms with Gasteiger partial charge in [0.2, 0.25) is 0 Å². The van der Waals surface area contributed by atoms with Crippen molar-refractivity contribution in [2.24, 2.45) is 0 Å². The average Bonchev–Trinajstić information content (AvgIpc) is 3.13. The van der Waals surface area contributed by atoms with Crippen LogP contribution in [0.2, 0.25) is 0 Å². The molecule has 0 aromatic carbocycles. The third-order valence-electron chi connectivity index (χ3n) is 10.1.